The van der Waals surface area contributed by atoms with Crippen LogP contribution in [0.15, 0.2) is 0 Å². The van der Waals surface area contributed by atoms with E-state index in [4.69, 9.17) is 4.43 Å². The molecule has 3 heteroatoms. The zero-order valence-corrected chi connectivity index (χ0v) is 15.2. The highest BCUT2D eigenvalue weighted by atomic mass is 79.9. The molecule has 0 saturated carbocycles. The second kappa shape index (κ2) is 7.95. The van der Waals surface area contributed by atoms with E-state index in [1.54, 1.807) is 0 Å². The first-order valence-corrected chi connectivity index (χ1v) is 11.0. The average Bonchev–Trinajstić information content (AvgIpc) is 2.14. The van der Waals surface area contributed by atoms with Crippen LogP contribution in [0.4, 0.5) is 0 Å². The van der Waals surface area contributed by atoms with Crippen molar-refractivity contribution in [3.63, 3.8) is 0 Å². The van der Waals surface area contributed by atoms with Gasteiger partial charge in [-0.2, -0.15) is 0 Å². The van der Waals surface area contributed by atoms with Gasteiger partial charge in [0.15, 0.2) is 8.32 Å². The Kier molecular flexibility index (Phi) is 8.26. The van der Waals surface area contributed by atoms with Crippen molar-refractivity contribution >= 4 is 24.2 Å². The number of hydrogen-bond acceptors (Lipinski definition) is 1. The molecule has 0 fully saturated rings. The third-order valence-electron chi connectivity index (χ3n) is 3.80. The Morgan fingerprint density at radius 1 is 1.06 bits per heavy atom. The molecule has 0 spiro atoms. The van der Waals surface area contributed by atoms with Crippen molar-refractivity contribution in [2.45, 2.75) is 84.0 Å². The smallest absolute Gasteiger partial charge is 0.192 e. The molecular formula is C14H31BrOSi. The predicted octanol–water partition coefficient (Wildman–Crippen LogP) is 5.74. The fourth-order valence-electron chi connectivity index (χ4n) is 1.62. The van der Waals surface area contributed by atoms with Crippen LogP contribution in [-0.2, 0) is 4.43 Å². The van der Waals surface area contributed by atoms with Crippen LogP contribution < -0.4 is 0 Å². The molecule has 0 saturated heterocycles. The van der Waals surface area contributed by atoms with Crippen LogP contribution in [0.3, 0.4) is 0 Å². The van der Waals surface area contributed by atoms with E-state index in [0.29, 0.717) is 11.1 Å². The largest absolute Gasteiger partial charge is 0.414 e. The zero-order chi connectivity index (χ0) is 13.5. The first-order chi connectivity index (χ1) is 7.70. The molecule has 0 aliphatic carbocycles. The molecule has 0 amide bonds. The van der Waals surface area contributed by atoms with Crippen molar-refractivity contribution in [2.24, 2.45) is 0 Å². The lowest BCUT2D eigenvalue weighted by atomic mass is 10.1. The average molecular weight is 323 g/mol. The van der Waals surface area contributed by atoms with E-state index in [1.165, 1.54) is 32.1 Å². The lowest BCUT2D eigenvalue weighted by Crippen LogP contribution is -2.43. The van der Waals surface area contributed by atoms with Crippen molar-refractivity contribution in [1.29, 1.82) is 0 Å². The number of unbranched alkanes of at least 4 members (excludes halogenated alkanes) is 3. The van der Waals surface area contributed by atoms with Crippen molar-refractivity contribution in [3.8, 4) is 0 Å². The third-order valence-corrected chi connectivity index (χ3v) is 8.96. The van der Waals surface area contributed by atoms with Gasteiger partial charge < -0.3 is 4.43 Å². The normalized spacial score (nSPS) is 15.0. The minimum Gasteiger partial charge on any atom is -0.414 e. The van der Waals surface area contributed by atoms with Gasteiger partial charge in [0.1, 0.15) is 0 Å². The van der Waals surface area contributed by atoms with E-state index < -0.39 is 8.32 Å². The Balaban J connectivity index is 3.82. The van der Waals surface area contributed by atoms with Crippen LogP contribution >= 0.6 is 15.9 Å². The predicted molar refractivity (Wildman–Crippen MR) is 84.6 cm³/mol. The maximum absolute atomic E-state index is 6.34. The Morgan fingerprint density at radius 3 is 2.06 bits per heavy atom. The van der Waals surface area contributed by atoms with E-state index >= 15 is 0 Å². The number of rotatable bonds is 8. The molecule has 0 aliphatic rings. The molecule has 1 atom stereocenters. The van der Waals surface area contributed by atoms with E-state index in [9.17, 15) is 0 Å². The standard InChI is InChI=1S/C14H31BrOSi/c1-13(11-9-7-8-10-12-15)16-17(5,6)14(2,3)4/h13H,7-12H2,1-6H3. The summed E-state index contributed by atoms with van der Waals surface area (Å²) in [7, 11) is -1.55. The summed E-state index contributed by atoms with van der Waals surface area (Å²) in [4.78, 5) is 0. The van der Waals surface area contributed by atoms with Crippen LogP contribution in [0, 0.1) is 0 Å². The SMILES string of the molecule is CC(CCCCCCBr)O[Si](C)(C)C(C)(C)C. The molecule has 0 radical (unpaired) electrons. The summed E-state index contributed by atoms with van der Waals surface area (Å²) in [6, 6.07) is 0. The fraction of sp³-hybridized carbons (Fsp3) is 1.00. The van der Waals surface area contributed by atoms with Crippen LogP contribution in [0.5, 0.6) is 0 Å². The van der Waals surface area contributed by atoms with Gasteiger partial charge in [0, 0.05) is 11.4 Å². The van der Waals surface area contributed by atoms with Gasteiger partial charge in [0.2, 0.25) is 0 Å². The van der Waals surface area contributed by atoms with Crippen LogP contribution in [0.25, 0.3) is 0 Å². The highest BCUT2D eigenvalue weighted by Gasteiger charge is 2.38. The summed E-state index contributed by atoms with van der Waals surface area (Å²) in [6.07, 6.45) is 6.95. The Bertz CT molecular complexity index is 199. The van der Waals surface area contributed by atoms with Gasteiger partial charge in [0.05, 0.1) is 0 Å². The quantitative estimate of drug-likeness (QED) is 0.314. The first-order valence-electron chi connectivity index (χ1n) is 6.94. The fourth-order valence-corrected chi connectivity index (χ4v) is 3.49. The molecule has 0 aromatic carbocycles. The Morgan fingerprint density at radius 2 is 1.59 bits per heavy atom. The summed E-state index contributed by atoms with van der Waals surface area (Å²) >= 11 is 3.47. The van der Waals surface area contributed by atoms with E-state index in [-0.39, 0.29) is 0 Å². The van der Waals surface area contributed by atoms with E-state index in [1.807, 2.05) is 0 Å². The molecule has 1 unspecified atom stereocenters. The molecule has 0 aromatic rings. The monoisotopic (exact) mass is 322 g/mol. The van der Waals surface area contributed by atoms with Crippen molar-refractivity contribution in [1.82, 2.24) is 0 Å². The van der Waals surface area contributed by atoms with Crippen LogP contribution in [-0.4, -0.2) is 19.8 Å². The Hall–Kier alpha value is 0.657. The van der Waals surface area contributed by atoms with Gasteiger partial charge in [-0.25, -0.2) is 0 Å². The Labute approximate surface area is 118 Å². The van der Waals surface area contributed by atoms with Gasteiger partial charge in [-0.15, -0.1) is 0 Å². The van der Waals surface area contributed by atoms with Crippen LogP contribution in [0.2, 0.25) is 18.1 Å². The minimum absolute atomic E-state index is 0.331. The topological polar surface area (TPSA) is 9.23 Å². The minimum atomic E-state index is -1.55. The summed E-state index contributed by atoms with van der Waals surface area (Å²) in [6.45, 7) is 13.8. The molecule has 17 heavy (non-hydrogen) atoms. The molecule has 0 aromatic heterocycles. The lowest BCUT2D eigenvalue weighted by molar-refractivity contribution is 0.185. The first kappa shape index (κ1) is 17.7. The maximum atomic E-state index is 6.34. The lowest BCUT2D eigenvalue weighted by Gasteiger charge is -2.38. The molecule has 104 valence electrons. The molecule has 1 nitrogen and oxygen atoms in total. The number of halogens is 1. The van der Waals surface area contributed by atoms with Gasteiger partial charge in [0.25, 0.3) is 0 Å². The molecule has 0 rings (SSSR count). The van der Waals surface area contributed by atoms with E-state index in [2.05, 4.69) is 56.7 Å². The van der Waals surface area contributed by atoms with Crippen molar-refractivity contribution in [3.05, 3.63) is 0 Å². The van der Waals surface area contributed by atoms with Crippen molar-refractivity contribution in [2.75, 3.05) is 5.33 Å². The summed E-state index contributed by atoms with van der Waals surface area (Å²) in [5.41, 5.74) is 0. The van der Waals surface area contributed by atoms with Crippen LogP contribution in [0.1, 0.15) is 59.8 Å². The van der Waals surface area contributed by atoms with Gasteiger partial charge in [-0.3, -0.25) is 0 Å². The van der Waals surface area contributed by atoms with Gasteiger partial charge in [-0.05, 0) is 37.9 Å². The number of alkyl halides is 1. The summed E-state index contributed by atoms with van der Waals surface area (Å²) in [5.74, 6) is 0. The second-order valence-corrected chi connectivity index (χ2v) is 12.1. The molecule has 0 heterocycles. The molecule has 0 bridgehead atoms. The number of hydrogen-bond donors (Lipinski definition) is 0. The highest BCUT2D eigenvalue weighted by Crippen LogP contribution is 2.37. The molecule has 0 aliphatic heterocycles. The molecular weight excluding hydrogens is 292 g/mol. The molecule has 0 N–H and O–H groups in total. The summed E-state index contributed by atoms with van der Waals surface area (Å²) < 4.78 is 6.34. The maximum Gasteiger partial charge on any atom is 0.192 e. The van der Waals surface area contributed by atoms with Crippen molar-refractivity contribution < 1.29 is 4.43 Å². The third kappa shape index (κ3) is 7.63. The second-order valence-electron chi connectivity index (χ2n) is 6.58. The van der Waals surface area contributed by atoms with E-state index in [0.717, 1.165) is 5.33 Å². The zero-order valence-electron chi connectivity index (χ0n) is 12.6. The van der Waals surface area contributed by atoms with Gasteiger partial charge in [-0.1, -0.05) is 56.0 Å². The highest BCUT2D eigenvalue weighted by molar-refractivity contribution is 9.09. The van der Waals surface area contributed by atoms with Gasteiger partial charge >= 0.3 is 0 Å². The summed E-state index contributed by atoms with van der Waals surface area (Å²) in [5, 5.41) is 1.47.